The third-order valence-corrected chi connectivity index (χ3v) is 5.15. The third-order valence-electron chi connectivity index (χ3n) is 3.08. The third kappa shape index (κ3) is 3.53. The lowest BCUT2D eigenvalue weighted by atomic mass is 10.1. The first kappa shape index (κ1) is 15.8. The second kappa shape index (κ2) is 6.01. The van der Waals surface area contributed by atoms with E-state index in [1.165, 1.54) is 23.6 Å². The number of sulfonamides is 1. The van der Waals surface area contributed by atoms with Crippen LogP contribution in [-0.2, 0) is 16.6 Å². The first-order valence-electron chi connectivity index (χ1n) is 6.23. The van der Waals surface area contributed by atoms with Crippen LogP contribution in [0.4, 0.5) is 5.82 Å². The van der Waals surface area contributed by atoms with Crippen molar-refractivity contribution >= 4 is 27.4 Å². The molecule has 21 heavy (non-hydrogen) atoms. The number of nitrogens with two attached hydrogens (primary N) is 1. The maximum atomic E-state index is 12.5. The van der Waals surface area contributed by atoms with Gasteiger partial charge in [0.05, 0.1) is 5.02 Å². The fraction of sp³-hybridized carbons (Fsp3) is 0.214. The van der Waals surface area contributed by atoms with Gasteiger partial charge in [-0.3, -0.25) is 0 Å². The Bertz CT molecular complexity index is 745. The van der Waals surface area contributed by atoms with Crippen molar-refractivity contribution in [1.82, 2.24) is 9.29 Å². The maximum absolute atomic E-state index is 12.5. The highest BCUT2D eigenvalue weighted by Gasteiger charge is 2.22. The van der Waals surface area contributed by atoms with Gasteiger partial charge in [-0.15, -0.1) is 0 Å². The standard InChI is InChI=1S/C14H16ClN3O2S/c1-10-3-5-11(6-4-10)9-18(2)21(19,20)12-7-13(15)14(16)17-8-12/h3-8H,9H2,1-2H3,(H2,16,17). The summed E-state index contributed by atoms with van der Waals surface area (Å²) < 4.78 is 26.2. The van der Waals surface area contributed by atoms with Gasteiger partial charge in [0.15, 0.2) is 0 Å². The molecule has 0 aliphatic rings. The number of nitrogen functional groups attached to an aromatic ring is 1. The van der Waals surface area contributed by atoms with Gasteiger partial charge in [0.1, 0.15) is 10.7 Å². The molecule has 0 bridgehead atoms. The van der Waals surface area contributed by atoms with Gasteiger partial charge in [0, 0.05) is 19.8 Å². The highest BCUT2D eigenvalue weighted by Crippen LogP contribution is 2.22. The van der Waals surface area contributed by atoms with Gasteiger partial charge < -0.3 is 5.73 Å². The molecule has 0 saturated heterocycles. The van der Waals surface area contributed by atoms with Crippen LogP contribution in [0.5, 0.6) is 0 Å². The molecule has 5 nitrogen and oxygen atoms in total. The minimum absolute atomic E-state index is 0.0244. The molecule has 112 valence electrons. The highest BCUT2D eigenvalue weighted by molar-refractivity contribution is 7.89. The van der Waals surface area contributed by atoms with Crippen molar-refractivity contribution in [3.05, 3.63) is 52.7 Å². The SMILES string of the molecule is Cc1ccc(CN(C)S(=O)(=O)c2cnc(N)c(Cl)c2)cc1. The predicted molar refractivity (Wildman–Crippen MR) is 83.5 cm³/mol. The van der Waals surface area contributed by atoms with E-state index in [0.29, 0.717) is 0 Å². The van der Waals surface area contributed by atoms with E-state index in [9.17, 15) is 8.42 Å². The number of halogens is 1. The number of hydrogen-bond donors (Lipinski definition) is 1. The van der Waals surface area contributed by atoms with E-state index in [0.717, 1.165) is 11.1 Å². The van der Waals surface area contributed by atoms with Crippen LogP contribution in [0.3, 0.4) is 0 Å². The summed E-state index contributed by atoms with van der Waals surface area (Å²) in [5.41, 5.74) is 7.52. The quantitative estimate of drug-likeness (QED) is 0.936. The summed E-state index contributed by atoms with van der Waals surface area (Å²) in [6.45, 7) is 2.25. The van der Waals surface area contributed by atoms with Crippen molar-refractivity contribution in [2.45, 2.75) is 18.4 Å². The van der Waals surface area contributed by atoms with Crippen molar-refractivity contribution in [2.75, 3.05) is 12.8 Å². The fourth-order valence-electron chi connectivity index (χ4n) is 1.79. The minimum atomic E-state index is -3.66. The number of rotatable bonds is 4. The number of anilines is 1. The molecule has 0 saturated carbocycles. The first-order valence-corrected chi connectivity index (χ1v) is 8.05. The van der Waals surface area contributed by atoms with Gasteiger partial charge in [0.25, 0.3) is 0 Å². The van der Waals surface area contributed by atoms with E-state index in [1.54, 1.807) is 0 Å². The van der Waals surface area contributed by atoms with E-state index >= 15 is 0 Å². The van der Waals surface area contributed by atoms with Gasteiger partial charge in [-0.25, -0.2) is 13.4 Å². The monoisotopic (exact) mass is 325 g/mol. The second-order valence-corrected chi connectivity index (χ2v) is 7.24. The van der Waals surface area contributed by atoms with Gasteiger partial charge in [-0.1, -0.05) is 41.4 Å². The lowest BCUT2D eigenvalue weighted by Gasteiger charge is -2.17. The molecule has 2 rings (SSSR count). The molecular weight excluding hydrogens is 310 g/mol. The van der Waals surface area contributed by atoms with Crippen LogP contribution < -0.4 is 5.73 Å². The Labute approximate surface area is 129 Å². The Morgan fingerprint density at radius 2 is 1.90 bits per heavy atom. The minimum Gasteiger partial charge on any atom is -0.382 e. The Morgan fingerprint density at radius 1 is 1.29 bits per heavy atom. The second-order valence-electron chi connectivity index (χ2n) is 4.78. The molecule has 0 aliphatic heterocycles. The summed E-state index contributed by atoms with van der Waals surface area (Å²) in [4.78, 5) is 3.81. The fourth-order valence-corrected chi connectivity index (χ4v) is 3.15. The molecule has 2 N–H and O–H groups in total. The Balaban J connectivity index is 2.25. The van der Waals surface area contributed by atoms with Gasteiger partial charge in [-0.05, 0) is 18.6 Å². The molecule has 0 aliphatic carbocycles. The number of pyridine rings is 1. The number of aryl methyl sites for hydroxylation is 1. The molecule has 0 radical (unpaired) electrons. The van der Waals surface area contributed by atoms with E-state index in [4.69, 9.17) is 17.3 Å². The predicted octanol–water partition coefficient (Wildman–Crippen LogP) is 2.45. The largest absolute Gasteiger partial charge is 0.382 e. The average Bonchev–Trinajstić information content (AvgIpc) is 2.44. The first-order chi connectivity index (χ1) is 9.80. The van der Waals surface area contributed by atoms with Crippen molar-refractivity contribution in [3.8, 4) is 0 Å². The smallest absolute Gasteiger partial charge is 0.244 e. The van der Waals surface area contributed by atoms with Crippen LogP contribution in [0, 0.1) is 6.92 Å². The van der Waals surface area contributed by atoms with Crippen LogP contribution >= 0.6 is 11.6 Å². The molecular formula is C14H16ClN3O2S. The number of benzene rings is 1. The summed E-state index contributed by atoms with van der Waals surface area (Å²) in [6, 6.07) is 8.99. The molecule has 1 heterocycles. The van der Waals surface area contributed by atoms with Crippen LogP contribution in [0.15, 0.2) is 41.4 Å². The maximum Gasteiger partial charge on any atom is 0.244 e. The molecule has 0 atom stereocenters. The highest BCUT2D eigenvalue weighted by atomic mass is 35.5. The molecule has 0 spiro atoms. The molecule has 1 aromatic carbocycles. The average molecular weight is 326 g/mol. The van der Waals surface area contributed by atoms with Crippen molar-refractivity contribution in [3.63, 3.8) is 0 Å². The zero-order valence-electron chi connectivity index (χ0n) is 11.7. The summed E-state index contributed by atoms with van der Waals surface area (Å²) in [5.74, 6) is 0.108. The Morgan fingerprint density at radius 3 is 2.48 bits per heavy atom. The van der Waals surface area contributed by atoms with Crippen molar-refractivity contribution in [1.29, 1.82) is 0 Å². The van der Waals surface area contributed by atoms with Crippen LogP contribution in [-0.4, -0.2) is 24.8 Å². The van der Waals surface area contributed by atoms with Crippen molar-refractivity contribution < 1.29 is 8.42 Å². The van der Waals surface area contributed by atoms with Gasteiger partial charge in [-0.2, -0.15) is 4.31 Å². The zero-order chi connectivity index (χ0) is 15.6. The van der Waals surface area contributed by atoms with Crippen LogP contribution in [0.1, 0.15) is 11.1 Å². The number of nitrogens with zero attached hydrogens (tertiary/aromatic N) is 2. The summed E-state index contributed by atoms with van der Waals surface area (Å²) >= 11 is 5.83. The lowest BCUT2D eigenvalue weighted by Crippen LogP contribution is -2.26. The molecule has 0 unspecified atom stereocenters. The van der Waals surface area contributed by atoms with Crippen LogP contribution in [0.25, 0.3) is 0 Å². The van der Waals surface area contributed by atoms with E-state index < -0.39 is 10.0 Å². The molecule has 0 amide bonds. The number of aromatic nitrogens is 1. The summed E-state index contributed by atoms with van der Waals surface area (Å²) in [6.07, 6.45) is 1.21. The van der Waals surface area contributed by atoms with E-state index in [-0.39, 0.29) is 22.3 Å². The Hall–Kier alpha value is -1.63. The van der Waals surface area contributed by atoms with E-state index in [1.807, 2.05) is 31.2 Å². The van der Waals surface area contributed by atoms with Crippen molar-refractivity contribution in [2.24, 2.45) is 0 Å². The summed E-state index contributed by atoms with van der Waals surface area (Å²) in [5, 5.41) is 0.125. The lowest BCUT2D eigenvalue weighted by molar-refractivity contribution is 0.466. The normalized spacial score (nSPS) is 11.8. The van der Waals surface area contributed by atoms with Crippen LogP contribution in [0.2, 0.25) is 5.02 Å². The summed E-state index contributed by atoms with van der Waals surface area (Å²) in [7, 11) is -2.14. The topological polar surface area (TPSA) is 76.3 Å². The van der Waals surface area contributed by atoms with Gasteiger partial charge in [0.2, 0.25) is 10.0 Å². The molecule has 7 heteroatoms. The van der Waals surface area contributed by atoms with E-state index in [2.05, 4.69) is 4.98 Å². The molecule has 1 aromatic heterocycles. The number of hydrogen-bond acceptors (Lipinski definition) is 4. The molecule has 0 fully saturated rings. The Kier molecular flexibility index (Phi) is 4.51. The molecule has 2 aromatic rings. The zero-order valence-corrected chi connectivity index (χ0v) is 13.3. The van der Waals surface area contributed by atoms with Gasteiger partial charge >= 0.3 is 0 Å².